The summed E-state index contributed by atoms with van der Waals surface area (Å²) >= 11 is 0. The average Bonchev–Trinajstić information content (AvgIpc) is 3.02. The van der Waals surface area contributed by atoms with E-state index in [1.165, 1.54) is 5.57 Å². The smallest absolute Gasteiger partial charge is 0.310 e. The Bertz CT molecular complexity index is 1220. The zero-order chi connectivity index (χ0) is 33.8. The molecule has 4 saturated carbocycles. The van der Waals surface area contributed by atoms with Crippen LogP contribution in [-0.2, 0) is 14.3 Å². The van der Waals surface area contributed by atoms with E-state index in [9.17, 15) is 40.5 Å². The molecule has 5 aliphatic carbocycles. The highest BCUT2D eigenvalue weighted by molar-refractivity contribution is 5.77. The molecule has 17 atom stereocenters. The van der Waals surface area contributed by atoms with E-state index >= 15 is 0 Å². The van der Waals surface area contributed by atoms with Gasteiger partial charge in [0.25, 0.3) is 0 Å². The van der Waals surface area contributed by atoms with Crippen molar-refractivity contribution in [3.8, 4) is 0 Å². The second-order valence-corrected chi connectivity index (χ2v) is 17.2. The number of aliphatic hydroxyl groups is 6. The molecule has 0 unspecified atom stereocenters. The Kier molecular flexibility index (Phi) is 8.66. The highest BCUT2D eigenvalue weighted by atomic mass is 16.7. The van der Waals surface area contributed by atoms with Crippen molar-refractivity contribution in [1.82, 2.24) is 0 Å². The molecular formula is C36H58O10. The van der Waals surface area contributed by atoms with Crippen LogP contribution in [0.1, 0.15) is 92.9 Å². The first-order chi connectivity index (χ1) is 21.5. The summed E-state index contributed by atoms with van der Waals surface area (Å²) in [6.07, 6.45) is 0.0496. The third-order valence-electron chi connectivity index (χ3n) is 15.7. The summed E-state index contributed by atoms with van der Waals surface area (Å²) in [5.74, 6) is -0.655. The Morgan fingerprint density at radius 2 is 1.61 bits per heavy atom. The summed E-state index contributed by atoms with van der Waals surface area (Å²) in [4.78, 5) is 13.5. The normalized spacial score (nSPS) is 56.9. The lowest BCUT2D eigenvalue weighted by Crippen LogP contribution is -2.67. The molecule has 6 aliphatic rings. The van der Waals surface area contributed by atoms with Crippen molar-refractivity contribution in [2.45, 2.75) is 136 Å². The lowest BCUT2D eigenvalue weighted by Gasteiger charge is -2.71. The van der Waals surface area contributed by atoms with E-state index in [0.717, 1.165) is 32.1 Å². The summed E-state index contributed by atoms with van der Waals surface area (Å²) in [6, 6.07) is 0. The van der Waals surface area contributed by atoms with E-state index in [0.29, 0.717) is 18.8 Å². The number of carboxylic acids is 1. The second kappa shape index (κ2) is 11.5. The van der Waals surface area contributed by atoms with Gasteiger partial charge in [0.15, 0.2) is 6.29 Å². The van der Waals surface area contributed by atoms with Gasteiger partial charge in [-0.05, 0) is 97.2 Å². The van der Waals surface area contributed by atoms with Gasteiger partial charge in [0, 0.05) is 5.41 Å². The van der Waals surface area contributed by atoms with Crippen LogP contribution in [0.5, 0.6) is 0 Å². The van der Waals surface area contributed by atoms with Gasteiger partial charge < -0.3 is 45.2 Å². The molecule has 10 nitrogen and oxygen atoms in total. The van der Waals surface area contributed by atoms with Crippen molar-refractivity contribution in [3.63, 3.8) is 0 Å². The fourth-order valence-electron chi connectivity index (χ4n) is 12.4. The third kappa shape index (κ3) is 4.46. The predicted octanol–water partition coefficient (Wildman–Crippen LogP) is 2.86. The average molecular weight is 651 g/mol. The van der Waals surface area contributed by atoms with Gasteiger partial charge >= 0.3 is 5.97 Å². The van der Waals surface area contributed by atoms with Crippen molar-refractivity contribution >= 4 is 5.97 Å². The second-order valence-electron chi connectivity index (χ2n) is 17.2. The summed E-state index contributed by atoms with van der Waals surface area (Å²) in [5.41, 5.74) is -0.686. The molecule has 0 bridgehead atoms. The van der Waals surface area contributed by atoms with E-state index in [2.05, 4.69) is 47.6 Å². The number of hydrogen-bond donors (Lipinski definition) is 7. The van der Waals surface area contributed by atoms with Gasteiger partial charge in [-0.25, -0.2) is 0 Å². The van der Waals surface area contributed by atoms with Crippen LogP contribution >= 0.6 is 0 Å². The number of fused-ring (bicyclic) bond motifs is 7. The van der Waals surface area contributed by atoms with Gasteiger partial charge in [-0.3, -0.25) is 4.79 Å². The quantitative estimate of drug-likeness (QED) is 0.173. The Morgan fingerprint density at radius 1 is 0.913 bits per heavy atom. The fraction of sp³-hybridized carbons (Fsp3) is 0.917. The molecule has 1 heterocycles. The van der Waals surface area contributed by atoms with Crippen molar-refractivity contribution < 1.29 is 50.0 Å². The number of ether oxygens (including phenoxy) is 2. The number of allylic oxidation sites excluding steroid dienone is 2. The van der Waals surface area contributed by atoms with Gasteiger partial charge in [0.05, 0.1) is 30.8 Å². The predicted molar refractivity (Wildman–Crippen MR) is 168 cm³/mol. The maximum absolute atomic E-state index is 13.5. The van der Waals surface area contributed by atoms with E-state index in [-0.39, 0.29) is 52.9 Å². The summed E-state index contributed by atoms with van der Waals surface area (Å²) in [5, 5.41) is 73.6. The van der Waals surface area contributed by atoms with Crippen LogP contribution < -0.4 is 0 Å². The lowest BCUT2D eigenvalue weighted by atomic mass is 9.33. The van der Waals surface area contributed by atoms with Gasteiger partial charge in [-0.2, -0.15) is 0 Å². The SMILES string of the molecule is C[C@H]1[C@H](C)[C@H](O[C@@H]2O[C@H](CO)[C@@H](O)[C@H](O)[C@H]2O)C[C@]2(C(=O)O)CC[C@]3(C)C(=CC[C@@H]4[C@@]5(C)CC[C@H](O)[C@@](C)(CO)[C@@H]5CC[C@]43C)[C@H]12. The Balaban J connectivity index is 1.34. The summed E-state index contributed by atoms with van der Waals surface area (Å²) in [6.45, 7) is 12.8. The third-order valence-corrected chi connectivity index (χ3v) is 15.7. The zero-order valence-corrected chi connectivity index (χ0v) is 28.4. The first kappa shape index (κ1) is 34.7. The molecule has 6 rings (SSSR count). The number of hydrogen-bond acceptors (Lipinski definition) is 9. The molecule has 0 spiro atoms. The number of aliphatic hydroxyl groups excluding tert-OH is 6. The standard InChI is InChI=1S/C36H58O10/c1-18-19(2)26-20-7-8-24-32(3)11-10-25(39)33(4,17-38)23(32)9-12-35(24,6)34(20,5)13-14-36(26,31(43)44)15-21(18)45-30-29(42)28(41)27(40)22(16-37)46-30/h7,18-19,21-30,37-42H,8-17H2,1-6H3,(H,43,44)/t18-,19-,21+,22+,23+,24+,25-,26-,27+,28-,29+,30+,32-,33-,34+,35+,36+/m0/s1. The zero-order valence-electron chi connectivity index (χ0n) is 28.4. The summed E-state index contributed by atoms with van der Waals surface area (Å²) < 4.78 is 12.0. The fourth-order valence-corrected chi connectivity index (χ4v) is 12.4. The lowest BCUT2D eigenvalue weighted by molar-refractivity contribution is -0.322. The van der Waals surface area contributed by atoms with Crippen molar-refractivity contribution in [1.29, 1.82) is 0 Å². The van der Waals surface area contributed by atoms with Crippen LogP contribution in [0.2, 0.25) is 0 Å². The molecule has 0 aromatic heterocycles. The van der Waals surface area contributed by atoms with E-state index in [1.807, 2.05) is 0 Å². The molecule has 5 fully saturated rings. The van der Waals surface area contributed by atoms with Crippen LogP contribution in [0.4, 0.5) is 0 Å². The molecular weight excluding hydrogens is 592 g/mol. The Morgan fingerprint density at radius 3 is 2.24 bits per heavy atom. The van der Waals surface area contributed by atoms with Gasteiger partial charge in [0.1, 0.15) is 24.4 Å². The first-order valence-electron chi connectivity index (χ1n) is 17.7. The highest BCUT2D eigenvalue weighted by Crippen LogP contribution is 2.75. The molecule has 7 N–H and O–H groups in total. The minimum Gasteiger partial charge on any atom is -0.481 e. The maximum Gasteiger partial charge on any atom is 0.310 e. The van der Waals surface area contributed by atoms with Crippen LogP contribution in [0, 0.1) is 56.7 Å². The molecule has 1 saturated heterocycles. The van der Waals surface area contributed by atoms with Gasteiger partial charge in [0.2, 0.25) is 0 Å². The Labute approximate surface area is 273 Å². The molecule has 10 heteroatoms. The van der Waals surface area contributed by atoms with E-state index < -0.39 is 66.3 Å². The molecule has 0 aromatic rings. The molecule has 262 valence electrons. The maximum atomic E-state index is 13.5. The summed E-state index contributed by atoms with van der Waals surface area (Å²) in [7, 11) is 0. The van der Waals surface area contributed by atoms with E-state index in [4.69, 9.17) is 9.47 Å². The molecule has 1 aliphatic heterocycles. The van der Waals surface area contributed by atoms with Gasteiger partial charge in [-0.1, -0.05) is 53.2 Å². The minimum atomic E-state index is -1.57. The minimum absolute atomic E-state index is 0.0266. The van der Waals surface area contributed by atoms with Crippen LogP contribution in [0.25, 0.3) is 0 Å². The topological polar surface area (TPSA) is 177 Å². The van der Waals surface area contributed by atoms with Gasteiger partial charge in [-0.15, -0.1) is 0 Å². The number of carbonyl (C=O) groups is 1. The monoisotopic (exact) mass is 650 g/mol. The van der Waals surface area contributed by atoms with E-state index in [1.54, 1.807) is 0 Å². The van der Waals surface area contributed by atoms with Crippen molar-refractivity contribution in [2.24, 2.45) is 56.7 Å². The molecule has 0 amide bonds. The van der Waals surface area contributed by atoms with Crippen LogP contribution in [0.3, 0.4) is 0 Å². The molecule has 0 radical (unpaired) electrons. The largest absolute Gasteiger partial charge is 0.481 e. The number of aliphatic carboxylic acids is 1. The highest BCUT2D eigenvalue weighted by Gasteiger charge is 2.70. The number of carboxylic acid groups (broad SMARTS) is 1. The van der Waals surface area contributed by atoms with Crippen LogP contribution in [-0.4, -0.2) is 97.8 Å². The van der Waals surface area contributed by atoms with Crippen molar-refractivity contribution in [3.05, 3.63) is 11.6 Å². The van der Waals surface area contributed by atoms with Crippen molar-refractivity contribution in [2.75, 3.05) is 13.2 Å². The van der Waals surface area contributed by atoms with Crippen LogP contribution in [0.15, 0.2) is 11.6 Å². The molecule has 46 heavy (non-hydrogen) atoms. The number of rotatable bonds is 5. The first-order valence-corrected chi connectivity index (χ1v) is 17.7. The Hall–Kier alpha value is -1.11. The molecule has 0 aromatic carbocycles.